The van der Waals surface area contributed by atoms with Gasteiger partial charge in [0.15, 0.2) is 18.3 Å². The normalized spacial score (nSPS) is 11.0. The number of methoxy groups -OCH3 is 3. The fourth-order valence-corrected chi connectivity index (χ4v) is 2.32. The van der Waals surface area contributed by atoms with Crippen LogP contribution < -0.4 is 14.2 Å². The van der Waals surface area contributed by atoms with Gasteiger partial charge in [-0.25, -0.2) is 0 Å². The number of rotatable bonds is 10. The monoisotopic (exact) mass is 369 g/mol. The summed E-state index contributed by atoms with van der Waals surface area (Å²) in [6, 6.07) is 15.0. The van der Waals surface area contributed by atoms with Gasteiger partial charge in [-0.15, -0.1) is 0 Å². The van der Waals surface area contributed by atoms with Crippen LogP contribution in [0.3, 0.4) is 0 Å². The van der Waals surface area contributed by atoms with Crippen molar-refractivity contribution in [1.29, 1.82) is 5.26 Å². The summed E-state index contributed by atoms with van der Waals surface area (Å²) < 4.78 is 26.2. The number of benzene rings is 2. The quantitative estimate of drug-likeness (QED) is 0.275. The van der Waals surface area contributed by atoms with E-state index in [2.05, 4.69) is 6.07 Å². The summed E-state index contributed by atoms with van der Waals surface area (Å²) in [6.45, 7) is 1.17. The van der Waals surface area contributed by atoms with Crippen molar-refractivity contribution in [2.75, 3.05) is 41.3 Å². The molecule has 0 N–H and O–H groups in total. The third-order valence-corrected chi connectivity index (χ3v) is 3.75. The molecule has 2 rings (SSSR count). The fraction of sp³-hybridized carbons (Fsp3) is 0.286. The van der Waals surface area contributed by atoms with Crippen LogP contribution >= 0.6 is 0 Å². The van der Waals surface area contributed by atoms with Gasteiger partial charge in [0, 0.05) is 7.11 Å². The number of nitrogens with zero attached hydrogens (tertiary/aromatic N) is 1. The fourth-order valence-electron chi connectivity index (χ4n) is 2.32. The molecule has 0 bridgehead atoms. The first-order valence-corrected chi connectivity index (χ1v) is 8.35. The minimum absolute atomic E-state index is 0.160. The molecule has 0 heterocycles. The van der Waals surface area contributed by atoms with Crippen LogP contribution in [0.25, 0.3) is 11.6 Å². The van der Waals surface area contributed by atoms with Gasteiger partial charge >= 0.3 is 0 Å². The minimum Gasteiger partial charge on any atom is -0.493 e. The largest absolute Gasteiger partial charge is 0.493 e. The molecule has 0 aliphatic heterocycles. The van der Waals surface area contributed by atoms with E-state index in [9.17, 15) is 5.26 Å². The van der Waals surface area contributed by atoms with Crippen LogP contribution in [0.4, 0.5) is 0 Å². The van der Waals surface area contributed by atoms with Gasteiger partial charge in [-0.1, -0.05) is 12.1 Å². The zero-order chi connectivity index (χ0) is 19.5. The molecule has 0 aliphatic rings. The number of ether oxygens (including phenoxy) is 5. The van der Waals surface area contributed by atoms with Gasteiger partial charge in [-0.05, 0) is 47.5 Å². The second kappa shape index (κ2) is 10.9. The van der Waals surface area contributed by atoms with Gasteiger partial charge in [0.05, 0.1) is 39.1 Å². The van der Waals surface area contributed by atoms with E-state index >= 15 is 0 Å². The van der Waals surface area contributed by atoms with Gasteiger partial charge < -0.3 is 23.7 Å². The van der Waals surface area contributed by atoms with Crippen LogP contribution in [-0.4, -0.2) is 41.3 Å². The molecule has 2 aromatic carbocycles. The van der Waals surface area contributed by atoms with Crippen molar-refractivity contribution in [3.8, 4) is 23.3 Å². The van der Waals surface area contributed by atoms with E-state index in [4.69, 9.17) is 23.7 Å². The van der Waals surface area contributed by atoms with Gasteiger partial charge in [0.1, 0.15) is 5.75 Å². The molecule has 6 nitrogen and oxygen atoms in total. The average Bonchev–Trinajstić information content (AvgIpc) is 2.72. The van der Waals surface area contributed by atoms with Crippen molar-refractivity contribution in [3.63, 3.8) is 0 Å². The molecule has 0 amide bonds. The first-order chi connectivity index (χ1) is 13.2. The van der Waals surface area contributed by atoms with Crippen LogP contribution in [0.5, 0.6) is 17.2 Å². The van der Waals surface area contributed by atoms with E-state index in [1.54, 1.807) is 39.5 Å². The summed E-state index contributed by atoms with van der Waals surface area (Å²) in [5.74, 6) is 1.88. The topological polar surface area (TPSA) is 69.9 Å². The Morgan fingerprint density at radius 3 is 2.33 bits per heavy atom. The molecular weight excluding hydrogens is 346 g/mol. The van der Waals surface area contributed by atoms with Crippen molar-refractivity contribution >= 4 is 11.6 Å². The molecule has 0 aliphatic carbocycles. The summed E-state index contributed by atoms with van der Waals surface area (Å²) in [4.78, 5) is 0. The van der Waals surface area contributed by atoms with Crippen LogP contribution in [0, 0.1) is 11.3 Å². The Morgan fingerprint density at radius 1 is 0.963 bits per heavy atom. The van der Waals surface area contributed by atoms with E-state index in [-0.39, 0.29) is 6.79 Å². The Kier molecular flexibility index (Phi) is 8.17. The minimum atomic E-state index is 0.160. The average molecular weight is 369 g/mol. The molecule has 0 saturated carbocycles. The lowest BCUT2D eigenvalue weighted by atomic mass is 10.0. The van der Waals surface area contributed by atoms with Crippen molar-refractivity contribution in [2.45, 2.75) is 0 Å². The highest BCUT2D eigenvalue weighted by molar-refractivity contribution is 5.90. The number of hydrogen-bond acceptors (Lipinski definition) is 6. The Hall–Kier alpha value is -3.01. The summed E-state index contributed by atoms with van der Waals surface area (Å²) in [5, 5.41) is 9.53. The summed E-state index contributed by atoms with van der Waals surface area (Å²) >= 11 is 0. The molecule has 0 radical (unpaired) electrons. The van der Waals surface area contributed by atoms with Crippen LogP contribution in [0.1, 0.15) is 11.1 Å². The molecule has 6 heteroatoms. The Morgan fingerprint density at radius 2 is 1.70 bits per heavy atom. The highest BCUT2D eigenvalue weighted by Gasteiger charge is 2.08. The number of allylic oxidation sites excluding steroid dienone is 1. The Labute approximate surface area is 159 Å². The van der Waals surface area contributed by atoms with Crippen LogP contribution in [0.2, 0.25) is 0 Å². The summed E-state index contributed by atoms with van der Waals surface area (Å²) in [7, 11) is 4.76. The van der Waals surface area contributed by atoms with Crippen molar-refractivity contribution in [3.05, 3.63) is 53.6 Å². The van der Waals surface area contributed by atoms with E-state index in [1.165, 1.54) is 0 Å². The molecule has 0 saturated heterocycles. The maximum absolute atomic E-state index is 9.53. The second-order valence-corrected chi connectivity index (χ2v) is 5.47. The molecular formula is C21H23NO5. The van der Waals surface area contributed by atoms with Crippen molar-refractivity contribution in [2.24, 2.45) is 0 Å². The maximum Gasteiger partial charge on any atom is 0.189 e. The zero-order valence-corrected chi connectivity index (χ0v) is 15.7. The third-order valence-electron chi connectivity index (χ3n) is 3.75. The Bertz CT molecular complexity index is 793. The van der Waals surface area contributed by atoms with E-state index in [0.29, 0.717) is 36.0 Å². The van der Waals surface area contributed by atoms with Crippen LogP contribution in [-0.2, 0) is 9.47 Å². The van der Waals surface area contributed by atoms with Crippen molar-refractivity contribution in [1.82, 2.24) is 0 Å². The summed E-state index contributed by atoms with van der Waals surface area (Å²) in [6.07, 6.45) is 1.81. The molecule has 2 aromatic rings. The number of nitriles is 1. The molecule has 0 unspecified atom stereocenters. The van der Waals surface area contributed by atoms with Gasteiger partial charge in [-0.3, -0.25) is 0 Å². The Balaban J connectivity index is 2.08. The lowest BCUT2D eigenvalue weighted by Gasteiger charge is -2.09. The molecule has 27 heavy (non-hydrogen) atoms. The maximum atomic E-state index is 9.53. The predicted octanol–water partition coefficient (Wildman–Crippen LogP) is 3.77. The van der Waals surface area contributed by atoms with Gasteiger partial charge in [0.2, 0.25) is 0 Å². The third kappa shape index (κ3) is 6.03. The lowest BCUT2D eigenvalue weighted by molar-refractivity contribution is -0.00847. The zero-order valence-electron chi connectivity index (χ0n) is 15.7. The van der Waals surface area contributed by atoms with Crippen molar-refractivity contribution < 1.29 is 23.7 Å². The standard InChI is InChI=1S/C21H23NO5/c1-23-10-11-26-15-27-19-7-4-16(5-8-19)12-18(14-22)17-6-9-20(24-2)21(13-17)25-3/h4-9,12-13H,10-11,15H2,1-3H3. The molecule has 0 atom stereocenters. The first kappa shape index (κ1) is 20.3. The second-order valence-electron chi connectivity index (χ2n) is 5.47. The molecule has 142 valence electrons. The highest BCUT2D eigenvalue weighted by Crippen LogP contribution is 2.31. The van der Waals surface area contributed by atoms with E-state index in [0.717, 1.165) is 11.1 Å². The van der Waals surface area contributed by atoms with Crippen LogP contribution in [0.15, 0.2) is 42.5 Å². The predicted molar refractivity (Wildman–Crippen MR) is 103 cm³/mol. The van der Waals surface area contributed by atoms with E-state index in [1.807, 2.05) is 30.3 Å². The smallest absolute Gasteiger partial charge is 0.189 e. The molecule has 0 fully saturated rings. The summed E-state index contributed by atoms with van der Waals surface area (Å²) in [5.41, 5.74) is 2.16. The van der Waals surface area contributed by atoms with Gasteiger partial charge in [0.25, 0.3) is 0 Å². The van der Waals surface area contributed by atoms with E-state index < -0.39 is 0 Å². The highest BCUT2D eigenvalue weighted by atomic mass is 16.7. The molecule has 0 aromatic heterocycles. The van der Waals surface area contributed by atoms with Gasteiger partial charge in [-0.2, -0.15) is 5.26 Å². The number of hydrogen-bond donors (Lipinski definition) is 0. The first-order valence-electron chi connectivity index (χ1n) is 8.35. The SMILES string of the molecule is COCCOCOc1ccc(C=C(C#N)c2ccc(OC)c(OC)c2)cc1. The lowest BCUT2D eigenvalue weighted by Crippen LogP contribution is -2.07. The molecule has 0 spiro atoms.